The van der Waals surface area contributed by atoms with E-state index in [0.717, 1.165) is 94.9 Å². The van der Waals surface area contributed by atoms with Gasteiger partial charge >= 0.3 is 17.9 Å². The van der Waals surface area contributed by atoms with Crippen LogP contribution in [0.2, 0.25) is 0 Å². The first-order valence-electron chi connectivity index (χ1n) is 22.5. The molecule has 0 amide bonds. The summed E-state index contributed by atoms with van der Waals surface area (Å²) >= 11 is 0. The Balaban J connectivity index is 1.28. The molecule has 332 valence electrons. The molecule has 0 radical (unpaired) electrons. The summed E-state index contributed by atoms with van der Waals surface area (Å²) < 4.78 is 17.1. The van der Waals surface area contributed by atoms with E-state index in [1.807, 2.05) is 39.0 Å². The van der Waals surface area contributed by atoms with Gasteiger partial charge in [-0.15, -0.1) is 0 Å². The third-order valence-electron chi connectivity index (χ3n) is 13.1. The Morgan fingerprint density at radius 3 is 0.938 bits per heavy atom. The van der Waals surface area contributed by atoms with Crippen molar-refractivity contribution in [2.45, 2.75) is 97.8 Å². The highest BCUT2D eigenvalue weighted by Crippen LogP contribution is 2.41. The molecule has 0 bridgehead atoms. The lowest BCUT2D eigenvalue weighted by Gasteiger charge is -2.31. The van der Waals surface area contributed by atoms with Gasteiger partial charge in [0.05, 0.1) is 22.6 Å². The number of hydrogen-bond acceptors (Lipinski definition) is 15. The first-order valence-corrected chi connectivity index (χ1v) is 22.5. The van der Waals surface area contributed by atoms with Crippen LogP contribution in [0.1, 0.15) is 97.8 Å². The third-order valence-corrected chi connectivity index (χ3v) is 13.1. The molecule has 0 spiro atoms. The number of hydrogen-bond donors (Lipinski definition) is 0. The summed E-state index contributed by atoms with van der Waals surface area (Å²) in [6, 6.07) is 12.6. The van der Waals surface area contributed by atoms with Crippen molar-refractivity contribution < 1.29 is 28.6 Å². The van der Waals surface area contributed by atoms with Crippen LogP contribution in [0, 0.1) is 91.7 Å². The Labute approximate surface area is 376 Å². The van der Waals surface area contributed by atoms with Crippen LogP contribution in [0.4, 0.5) is 0 Å². The van der Waals surface area contributed by atoms with Crippen LogP contribution in [0.3, 0.4) is 0 Å². The summed E-state index contributed by atoms with van der Waals surface area (Å²) in [4.78, 5) is 47.8. The summed E-state index contributed by atoms with van der Waals surface area (Å²) in [5, 5.41) is 61.8. The molecule has 3 aliphatic carbocycles. The zero-order valence-corrected chi connectivity index (χ0v) is 37.1. The molecular formula is C49H55N9O6. The van der Waals surface area contributed by atoms with E-state index in [9.17, 15) is 46.0 Å². The first kappa shape index (κ1) is 46.7. The molecule has 3 fully saturated rings. The molecule has 3 unspecified atom stereocenters. The van der Waals surface area contributed by atoms with Crippen molar-refractivity contribution >= 4 is 17.9 Å². The van der Waals surface area contributed by atoms with Gasteiger partial charge in [0.15, 0.2) is 0 Å². The number of nitrogens with zero attached hydrogens (tertiary/aromatic N) is 9. The number of carbonyl (C=O) groups excluding carboxylic acids is 3. The lowest BCUT2D eigenvalue weighted by molar-refractivity contribution is -0.148. The Bertz CT molecular complexity index is 2100. The van der Waals surface area contributed by atoms with E-state index in [1.54, 1.807) is 0 Å². The molecule has 3 atom stereocenters. The zero-order chi connectivity index (χ0) is 45.9. The second-order valence-electron chi connectivity index (χ2n) is 18.0. The van der Waals surface area contributed by atoms with Gasteiger partial charge in [-0.3, -0.25) is 0 Å². The van der Waals surface area contributed by atoms with Gasteiger partial charge in [0.25, 0.3) is 0 Å². The van der Waals surface area contributed by atoms with E-state index >= 15 is 0 Å². The largest absolute Gasteiger partial charge is 0.461 e. The van der Waals surface area contributed by atoms with Gasteiger partial charge in [-0.25, -0.2) is 14.4 Å². The quantitative estimate of drug-likeness (QED) is 0.0870. The molecule has 6 rings (SSSR count). The Morgan fingerprint density at radius 2 is 0.719 bits per heavy atom. The molecule has 15 nitrogen and oxygen atoms in total. The lowest BCUT2D eigenvalue weighted by atomic mass is 9.82. The summed E-state index contributed by atoms with van der Waals surface area (Å²) in [6.07, 6.45) is 8.68. The molecule has 3 heterocycles. The van der Waals surface area contributed by atoms with E-state index in [2.05, 4.69) is 32.9 Å². The summed E-state index contributed by atoms with van der Waals surface area (Å²) in [6.45, 7) is 9.08. The van der Waals surface area contributed by atoms with Gasteiger partial charge in [0.1, 0.15) is 73.0 Å². The van der Waals surface area contributed by atoms with Crippen LogP contribution in [0.5, 0.6) is 0 Å². The van der Waals surface area contributed by atoms with Gasteiger partial charge in [0.2, 0.25) is 0 Å². The van der Waals surface area contributed by atoms with Crippen molar-refractivity contribution in [1.82, 2.24) is 14.7 Å². The smallest absolute Gasteiger partial charge is 0.349 e. The van der Waals surface area contributed by atoms with Crippen LogP contribution >= 0.6 is 0 Å². The SMILES string of the molecule is CC1CC(N2CCCC2)=C(C#N)/C(=C(\C#N)C(=O)OCC(COC(=O)/C(C#N)=C2\CC(C)CC(N3CCCC3)=C2C#N)COC(=O)/C(C#N)=C2\CC(C)CC(N3CCCC3)=C2C#N)C1. The minimum absolute atomic E-state index is 0.0438. The van der Waals surface area contributed by atoms with Crippen LogP contribution in [-0.2, 0) is 28.6 Å². The van der Waals surface area contributed by atoms with Gasteiger partial charge in [-0.1, -0.05) is 20.8 Å². The van der Waals surface area contributed by atoms with E-state index in [0.29, 0.717) is 55.2 Å². The minimum Gasteiger partial charge on any atom is -0.461 e. The molecule has 0 aromatic rings. The summed E-state index contributed by atoms with van der Waals surface area (Å²) in [5.41, 5.74) is 3.19. The highest BCUT2D eigenvalue weighted by molar-refractivity contribution is 5.96. The van der Waals surface area contributed by atoms with Crippen molar-refractivity contribution in [3.63, 3.8) is 0 Å². The van der Waals surface area contributed by atoms with Crippen LogP contribution in [0.15, 0.2) is 67.2 Å². The molecule has 0 saturated carbocycles. The lowest BCUT2D eigenvalue weighted by Crippen LogP contribution is -2.29. The number of likely N-dealkylation sites (tertiary alicyclic amines) is 3. The molecular weight excluding hydrogens is 811 g/mol. The predicted octanol–water partition coefficient (Wildman–Crippen LogP) is 6.60. The molecule has 3 aliphatic heterocycles. The normalized spacial score (nSPS) is 25.3. The maximum atomic E-state index is 13.8. The predicted molar refractivity (Wildman–Crippen MR) is 230 cm³/mol. The van der Waals surface area contributed by atoms with E-state index in [4.69, 9.17) is 14.2 Å². The highest BCUT2D eigenvalue weighted by Gasteiger charge is 2.36. The maximum absolute atomic E-state index is 13.8. The highest BCUT2D eigenvalue weighted by atomic mass is 16.6. The molecule has 64 heavy (non-hydrogen) atoms. The number of allylic oxidation sites excluding steroid dienone is 9. The van der Waals surface area contributed by atoms with Crippen molar-refractivity contribution in [3.8, 4) is 36.4 Å². The molecule has 0 N–H and O–H groups in total. The van der Waals surface area contributed by atoms with E-state index in [-0.39, 0.29) is 51.2 Å². The zero-order valence-electron chi connectivity index (χ0n) is 37.1. The van der Waals surface area contributed by atoms with Crippen LogP contribution in [0.25, 0.3) is 0 Å². The number of ether oxygens (including phenoxy) is 3. The average molecular weight is 866 g/mol. The van der Waals surface area contributed by atoms with Crippen molar-refractivity contribution in [3.05, 3.63) is 67.2 Å². The minimum atomic E-state index is -1.05. The number of carbonyl (C=O) groups is 3. The Hall–Kier alpha value is -6.81. The number of nitriles is 6. The molecule has 15 heteroatoms. The van der Waals surface area contributed by atoms with Crippen molar-refractivity contribution in [2.75, 3.05) is 59.1 Å². The molecule has 0 aromatic carbocycles. The monoisotopic (exact) mass is 865 g/mol. The molecule has 6 aliphatic rings. The van der Waals surface area contributed by atoms with E-state index < -0.39 is 43.6 Å². The van der Waals surface area contributed by atoms with Gasteiger partial charge < -0.3 is 28.9 Å². The molecule has 3 saturated heterocycles. The molecule has 0 aromatic heterocycles. The van der Waals surface area contributed by atoms with Crippen LogP contribution < -0.4 is 0 Å². The standard InChI is InChI=1S/C49H55N9O6/c1-31-16-35(38(22-50)44(19-31)56-10-4-5-11-56)41(25-53)47(59)62-28-34(29-63-48(60)42(26-54)36-17-32(2)20-45(39(36)23-51)57-12-6-7-13-57)30-64-49(61)43(27-55)37-18-33(3)21-46(40(37)24-52)58-14-8-9-15-58/h31-34H,4-21,28-30H2,1-3H3/b41-35+,42-36+,43-37+. The fraction of sp³-hybridized carbons (Fsp3) is 0.571. The van der Waals surface area contributed by atoms with Crippen LogP contribution in [-0.4, -0.2) is 91.7 Å². The Kier molecular flexibility index (Phi) is 15.7. The summed E-state index contributed by atoms with van der Waals surface area (Å²) in [5.74, 6) is -3.95. The van der Waals surface area contributed by atoms with Gasteiger partial charge in [-0.2, -0.15) is 31.6 Å². The van der Waals surface area contributed by atoms with Gasteiger partial charge in [0, 0.05) is 56.4 Å². The maximum Gasteiger partial charge on any atom is 0.349 e. The first-order chi connectivity index (χ1) is 31.0. The summed E-state index contributed by atoms with van der Waals surface area (Å²) in [7, 11) is 0. The topological polar surface area (TPSA) is 231 Å². The van der Waals surface area contributed by atoms with Gasteiger partial charge in [-0.05, 0) is 112 Å². The fourth-order valence-electron chi connectivity index (χ4n) is 9.94. The van der Waals surface area contributed by atoms with E-state index in [1.165, 1.54) is 0 Å². The second-order valence-corrected chi connectivity index (χ2v) is 18.0. The second kappa shape index (κ2) is 21.5. The Morgan fingerprint density at radius 1 is 0.469 bits per heavy atom. The van der Waals surface area contributed by atoms with Crippen molar-refractivity contribution in [2.24, 2.45) is 23.7 Å². The fourth-order valence-corrected chi connectivity index (χ4v) is 9.94. The third kappa shape index (κ3) is 10.3. The number of rotatable bonds is 12. The van der Waals surface area contributed by atoms with Crippen molar-refractivity contribution in [1.29, 1.82) is 31.6 Å². The average Bonchev–Trinajstić information content (AvgIpc) is 4.12. The number of esters is 3.